The van der Waals surface area contributed by atoms with Crippen LogP contribution in [0.5, 0.6) is 0 Å². The summed E-state index contributed by atoms with van der Waals surface area (Å²) in [4.78, 5) is 9.92. The molecule has 0 aliphatic rings. The second-order valence-electron chi connectivity index (χ2n) is 6.28. The first-order chi connectivity index (χ1) is 11.1. The van der Waals surface area contributed by atoms with Gasteiger partial charge < -0.3 is 10.2 Å². The SMILES string of the molecule is CCCCCCCCCCCCCC=CC(O)C(CO)[N+](=O)[O-]. The van der Waals surface area contributed by atoms with Crippen molar-refractivity contribution < 1.29 is 15.1 Å². The van der Waals surface area contributed by atoms with Gasteiger partial charge in [-0.25, -0.2) is 0 Å². The highest BCUT2D eigenvalue weighted by molar-refractivity contribution is 4.92. The van der Waals surface area contributed by atoms with E-state index in [0.717, 1.165) is 19.3 Å². The van der Waals surface area contributed by atoms with Crippen LogP contribution in [0.2, 0.25) is 0 Å². The van der Waals surface area contributed by atoms with E-state index in [2.05, 4.69) is 6.92 Å². The molecule has 0 aromatic carbocycles. The summed E-state index contributed by atoms with van der Waals surface area (Å²) in [6.07, 6.45) is 17.0. The van der Waals surface area contributed by atoms with Gasteiger partial charge in [-0.2, -0.15) is 0 Å². The Labute approximate surface area is 140 Å². The highest BCUT2D eigenvalue weighted by Gasteiger charge is 2.26. The predicted molar refractivity (Wildman–Crippen MR) is 94.1 cm³/mol. The first-order valence-electron chi connectivity index (χ1n) is 9.22. The van der Waals surface area contributed by atoms with Crippen LogP contribution >= 0.6 is 0 Å². The molecule has 0 amide bonds. The van der Waals surface area contributed by atoms with Crippen LogP contribution in [0.1, 0.15) is 84.0 Å². The smallest absolute Gasteiger partial charge is 0.264 e. The molecule has 0 aliphatic heterocycles. The van der Waals surface area contributed by atoms with Crippen LogP contribution in [0.3, 0.4) is 0 Å². The zero-order valence-electron chi connectivity index (χ0n) is 14.7. The molecule has 5 heteroatoms. The number of nitro groups is 1. The van der Waals surface area contributed by atoms with Gasteiger partial charge in [0.15, 0.2) is 0 Å². The lowest BCUT2D eigenvalue weighted by Crippen LogP contribution is -2.35. The summed E-state index contributed by atoms with van der Waals surface area (Å²) in [5.41, 5.74) is 0. The molecule has 0 rings (SSSR count). The molecule has 2 N–H and O–H groups in total. The Hall–Kier alpha value is -0.940. The van der Waals surface area contributed by atoms with Crippen molar-refractivity contribution in [2.24, 2.45) is 0 Å². The molecule has 5 nitrogen and oxygen atoms in total. The Balaban J connectivity index is 3.42. The Kier molecular flexibility index (Phi) is 15.3. The van der Waals surface area contributed by atoms with Crippen molar-refractivity contribution in [1.82, 2.24) is 0 Å². The van der Waals surface area contributed by atoms with Crippen molar-refractivity contribution >= 4 is 0 Å². The molecule has 0 aromatic heterocycles. The van der Waals surface area contributed by atoms with Crippen LogP contribution in [0, 0.1) is 10.1 Å². The summed E-state index contributed by atoms with van der Waals surface area (Å²) < 4.78 is 0. The van der Waals surface area contributed by atoms with Crippen LogP contribution in [0.15, 0.2) is 12.2 Å². The molecule has 136 valence electrons. The van der Waals surface area contributed by atoms with Gasteiger partial charge in [0.05, 0.1) is 0 Å². The molecule has 2 unspecified atom stereocenters. The average molecular weight is 329 g/mol. The van der Waals surface area contributed by atoms with E-state index < -0.39 is 23.7 Å². The number of aliphatic hydroxyl groups is 2. The van der Waals surface area contributed by atoms with E-state index >= 15 is 0 Å². The third-order valence-corrected chi connectivity index (χ3v) is 4.16. The molecule has 2 atom stereocenters. The summed E-state index contributed by atoms with van der Waals surface area (Å²) in [5.74, 6) is 0. The Bertz CT molecular complexity index is 307. The van der Waals surface area contributed by atoms with Crippen molar-refractivity contribution in [3.63, 3.8) is 0 Å². The average Bonchev–Trinajstić information content (AvgIpc) is 2.52. The summed E-state index contributed by atoms with van der Waals surface area (Å²) in [5, 5.41) is 29.0. The molecular weight excluding hydrogens is 294 g/mol. The number of unbranched alkanes of at least 4 members (excludes halogenated alkanes) is 11. The largest absolute Gasteiger partial charge is 0.389 e. The number of allylic oxidation sites excluding steroid dienone is 1. The molecule has 0 radical (unpaired) electrons. The first-order valence-corrected chi connectivity index (χ1v) is 9.22. The van der Waals surface area contributed by atoms with E-state index in [1.807, 2.05) is 0 Å². The number of hydrogen-bond donors (Lipinski definition) is 2. The van der Waals surface area contributed by atoms with Crippen LogP contribution in [0.4, 0.5) is 0 Å². The van der Waals surface area contributed by atoms with Crippen molar-refractivity contribution in [3.05, 3.63) is 22.3 Å². The van der Waals surface area contributed by atoms with E-state index in [9.17, 15) is 15.2 Å². The molecular formula is C18H35NO4. The van der Waals surface area contributed by atoms with Gasteiger partial charge in [-0.15, -0.1) is 0 Å². The van der Waals surface area contributed by atoms with Gasteiger partial charge in [0, 0.05) is 4.92 Å². The van der Waals surface area contributed by atoms with Crippen molar-refractivity contribution in [2.45, 2.75) is 96.1 Å². The van der Waals surface area contributed by atoms with Crippen molar-refractivity contribution in [3.8, 4) is 0 Å². The van der Waals surface area contributed by atoms with Gasteiger partial charge in [-0.1, -0.05) is 83.3 Å². The fraction of sp³-hybridized carbons (Fsp3) is 0.889. The zero-order valence-corrected chi connectivity index (χ0v) is 14.7. The first kappa shape index (κ1) is 22.1. The summed E-state index contributed by atoms with van der Waals surface area (Å²) in [6, 6.07) is -1.32. The predicted octanol–water partition coefficient (Wildman–Crippen LogP) is 4.24. The Morgan fingerprint density at radius 3 is 1.87 bits per heavy atom. The minimum Gasteiger partial charge on any atom is -0.389 e. The molecule has 0 aromatic rings. The topological polar surface area (TPSA) is 83.6 Å². The fourth-order valence-electron chi connectivity index (χ4n) is 2.59. The summed E-state index contributed by atoms with van der Waals surface area (Å²) in [6.45, 7) is 1.60. The van der Waals surface area contributed by atoms with Gasteiger partial charge in [-0.3, -0.25) is 10.1 Å². The van der Waals surface area contributed by atoms with E-state index in [4.69, 9.17) is 5.11 Å². The van der Waals surface area contributed by atoms with Crippen molar-refractivity contribution in [2.75, 3.05) is 6.61 Å². The van der Waals surface area contributed by atoms with Crippen LogP contribution in [-0.2, 0) is 0 Å². The molecule has 0 spiro atoms. The minimum atomic E-state index is -1.32. The maximum atomic E-state index is 10.6. The zero-order chi connectivity index (χ0) is 17.3. The van der Waals surface area contributed by atoms with E-state index in [0.29, 0.717) is 0 Å². The maximum Gasteiger partial charge on any atom is 0.264 e. The molecule has 0 bridgehead atoms. The maximum absolute atomic E-state index is 10.6. The number of nitrogens with zero attached hydrogens (tertiary/aromatic N) is 1. The molecule has 0 fully saturated rings. The Morgan fingerprint density at radius 1 is 0.957 bits per heavy atom. The van der Waals surface area contributed by atoms with Crippen LogP contribution in [-0.4, -0.2) is 33.9 Å². The van der Waals surface area contributed by atoms with Gasteiger partial charge in [0.1, 0.15) is 12.7 Å². The molecule has 0 saturated carbocycles. The second-order valence-corrected chi connectivity index (χ2v) is 6.28. The number of aliphatic hydroxyl groups excluding tert-OH is 2. The standard InChI is InChI=1S/C18H35NO4/c1-2-3-4-5-6-7-8-9-10-11-12-13-14-15-18(21)17(16-20)19(22)23/h14-15,17-18,20-21H,2-13,16H2,1H3. The second kappa shape index (κ2) is 15.9. The third-order valence-electron chi connectivity index (χ3n) is 4.16. The van der Waals surface area contributed by atoms with E-state index in [1.165, 1.54) is 63.9 Å². The highest BCUT2D eigenvalue weighted by atomic mass is 16.6. The highest BCUT2D eigenvalue weighted by Crippen LogP contribution is 2.12. The normalized spacial score (nSPS) is 14.2. The lowest BCUT2D eigenvalue weighted by molar-refractivity contribution is -0.534. The summed E-state index contributed by atoms with van der Waals surface area (Å²) in [7, 11) is 0. The number of hydrogen-bond acceptors (Lipinski definition) is 4. The molecule has 0 heterocycles. The third kappa shape index (κ3) is 13.2. The van der Waals surface area contributed by atoms with Gasteiger partial charge >= 0.3 is 0 Å². The van der Waals surface area contributed by atoms with Gasteiger partial charge in [0.25, 0.3) is 6.04 Å². The minimum absolute atomic E-state index is 0.642. The molecule has 23 heavy (non-hydrogen) atoms. The summed E-state index contributed by atoms with van der Waals surface area (Å²) >= 11 is 0. The van der Waals surface area contributed by atoms with Gasteiger partial charge in [-0.05, 0) is 12.8 Å². The fourth-order valence-corrected chi connectivity index (χ4v) is 2.59. The quantitative estimate of drug-likeness (QED) is 0.192. The lowest BCUT2D eigenvalue weighted by atomic mass is 10.0. The monoisotopic (exact) mass is 329 g/mol. The number of rotatable bonds is 16. The van der Waals surface area contributed by atoms with Crippen molar-refractivity contribution in [1.29, 1.82) is 0 Å². The lowest BCUT2D eigenvalue weighted by Gasteiger charge is -2.09. The molecule has 0 aliphatic carbocycles. The van der Waals surface area contributed by atoms with Crippen LogP contribution < -0.4 is 0 Å². The van der Waals surface area contributed by atoms with E-state index in [1.54, 1.807) is 6.08 Å². The van der Waals surface area contributed by atoms with Crippen LogP contribution in [0.25, 0.3) is 0 Å². The molecule has 0 saturated heterocycles. The van der Waals surface area contributed by atoms with E-state index in [-0.39, 0.29) is 0 Å². The van der Waals surface area contributed by atoms with Gasteiger partial charge in [0.2, 0.25) is 0 Å². The Morgan fingerprint density at radius 2 is 1.43 bits per heavy atom.